The van der Waals surface area contributed by atoms with Crippen molar-refractivity contribution in [2.45, 2.75) is 32.4 Å². The number of benzene rings is 1. The van der Waals surface area contributed by atoms with Gasteiger partial charge in [-0.05, 0) is 45.0 Å². The zero-order valence-electron chi connectivity index (χ0n) is 14.4. The Labute approximate surface area is 142 Å². The number of carbonyl (C=O) groups is 2. The molecule has 2 rings (SSSR count). The van der Waals surface area contributed by atoms with E-state index in [0.717, 1.165) is 0 Å². The van der Waals surface area contributed by atoms with Crippen LogP contribution < -0.4 is 5.73 Å². The van der Waals surface area contributed by atoms with Crippen LogP contribution in [0.4, 0.5) is 4.79 Å². The van der Waals surface area contributed by atoms with Gasteiger partial charge >= 0.3 is 6.09 Å². The summed E-state index contributed by atoms with van der Waals surface area (Å²) < 4.78 is 5.38. The molecule has 0 aromatic heterocycles. The number of phenolic OH excluding ortho intramolecular Hbond substituents is 1. The Morgan fingerprint density at radius 3 is 2.42 bits per heavy atom. The van der Waals surface area contributed by atoms with E-state index in [4.69, 9.17) is 10.5 Å². The van der Waals surface area contributed by atoms with Crippen molar-refractivity contribution in [3.05, 3.63) is 29.8 Å². The molecule has 2 amide bonds. The van der Waals surface area contributed by atoms with Gasteiger partial charge in [0.1, 0.15) is 11.4 Å². The molecule has 1 aliphatic heterocycles. The number of rotatable bonds is 2. The molecule has 1 heterocycles. The molecule has 3 N–H and O–H groups in total. The van der Waals surface area contributed by atoms with Crippen molar-refractivity contribution in [2.75, 3.05) is 26.2 Å². The van der Waals surface area contributed by atoms with Gasteiger partial charge in [-0.15, -0.1) is 0 Å². The van der Waals surface area contributed by atoms with Gasteiger partial charge in [0.2, 0.25) is 0 Å². The fourth-order valence-electron chi connectivity index (χ4n) is 2.59. The van der Waals surface area contributed by atoms with E-state index in [-0.39, 0.29) is 24.2 Å². The minimum absolute atomic E-state index is 0.108. The van der Waals surface area contributed by atoms with Crippen molar-refractivity contribution in [3.8, 4) is 5.75 Å². The molecule has 0 saturated carbocycles. The normalized spacial score (nSPS) is 18.4. The molecule has 1 aliphatic rings. The third-order valence-electron chi connectivity index (χ3n) is 3.78. The number of aromatic hydroxyl groups is 1. The Morgan fingerprint density at radius 1 is 1.25 bits per heavy atom. The highest BCUT2D eigenvalue weighted by Crippen LogP contribution is 2.18. The van der Waals surface area contributed by atoms with Crippen LogP contribution in [-0.2, 0) is 4.74 Å². The molecule has 1 aromatic carbocycles. The van der Waals surface area contributed by atoms with E-state index in [2.05, 4.69) is 0 Å². The molecule has 7 nitrogen and oxygen atoms in total. The van der Waals surface area contributed by atoms with Gasteiger partial charge in [0, 0.05) is 31.7 Å². The van der Waals surface area contributed by atoms with Gasteiger partial charge in [0.05, 0.1) is 6.04 Å². The number of phenols is 1. The van der Waals surface area contributed by atoms with Crippen molar-refractivity contribution in [2.24, 2.45) is 5.73 Å². The smallest absolute Gasteiger partial charge is 0.410 e. The summed E-state index contributed by atoms with van der Waals surface area (Å²) in [6.45, 7) is 6.83. The summed E-state index contributed by atoms with van der Waals surface area (Å²) in [6.07, 6.45) is -0.391. The average Bonchev–Trinajstić information content (AvgIpc) is 2.52. The van der Waals surface area contributed by atoms with Crippen LogP contribution in [0.15, 0.2) is 24.3 Å². The molecule has 132 valence electrons. The first-order chi connectivity index (χ1) is 11.2. The molecule has 1 saturated heterocycles. The van der Waals surface area contributed by atoms with E-state index in [1.807, 2.05) is 20.8 Å². The fraction of sp³-hybridized carbons (Fsp3) is 0.529. The molecule has 1 fully saturated rings. The number of nitrogens with zero attached hydrogens (tertiary/aromatic N) is 2. The van der Waals surface area contributed by atoms with Crippen LogP contribution >= 0.6 is 0 Å². The van der Waals surface area contributed by atoms with Gasteiger partial charge in [-0.3, -0.25) is 4.79 Å². The fourth-order valence-corrected chi connectivity index (χ4v) is 2.59. The lowest BCUT2D eigenvalue weighted by atomic mass is 10.1. The van der Waals surface area contributed by atoms with E-state index in [1.165, 1.54) is 12.1 Å². The Kier molecular flexibility index (Phi) is 5.33. The molecule has 0 bridgehead atoms. The molecule has 7 heteroatoms. The van der Waals surface area contributed by atoms with Gasteiger partial charge < -0.3 is 25.4 Å². The lowest BCUT2D eigenvalue weighted by Crippen LogP contribution is -2.59. The average molecular weight is 335 g/mol. The van der Waals surface area contributed by atoms with Crippen LogP contribution in [0, 0.1) is 0 Å². The Balaban J connectivity index is 2.06. The van der Waals surface area contributed by atoms with E-state index < -0.39 is 11.7 Å². The number of piperazine rings is 1. The second kappa shape index (κ2) is 7.09. The number of amides is 2. The molecule has 0 radical (unpaired) electrons. The van der Waals surface area contributed by atoms with E-state index in [0.29, 0.717) is 25.2 Å². The third-order valence-corrected chi connectivity index (χ3v) is 3.78. The molecule has 1 unspecified atom stereocenters. The van der Waals surface area contributed by atoms with Crippen LogP contribution in [0.1, 0.15) is 31.1 Å². The Hall–Kier alpha value is -2.28. The van der Waals surface area contributed by atoms with Crippen molar-refractivity contribution in [1.82, 2.24) is 9.80 Å². The Morgan fingerprint density at radius 2 is 1.88 bits per heavy atom. The molecule has 0 spiro atoms. The quantitative estimate of drug-likeness (QED) is 0.852. The summed E-state index contributed by atoms with van der Waals surface area (Å²) >= 11 is 0. The number of hydrogen-bond acceptors (Lipinski definition) is 5. The number of nitrogens with two attached hydrogens (primary N) is 1. The highest BCUT2D eigenvalue weighted by atomic mass is 16.6. The van der Waals surface area contributed by atoms with Crippen LogP contribution in [0.25, 0.3) is 0 Å². The molecule has 24 heavy (non-hydrogen) atoms. The van der Waals surface area contributed by atoms with Crippen LogP contribution in [0.3, 0.4) is 0 Å². The van der Waals surface area contributed by atoms with Crippen molar-refractivity contribution < 1.29 is 19.4 Å². The highest BCUT2D eigenvalue weighted by Gasteiger charge is 2.33. The van der Waals surface area contributed by atoms with Gasteiger partial charge in [-0.1, -0.05) is 0 Å². The minimum Gasteiger partial charge on any atom is -0.508 e. The third kappa shape index (κ3) is 4.38. The zero-order valence-corrected chi connectivity index (χ0v) is 14.4. The maximum atomic E-state index is 12.6. The van der Waals surface area contributed by atoms with Crippen molar-refractivity contribution in [1.29, 1.82) is 0 Å². The number of ether oxygens (including phenoxy) is 1. The van der Waals surface area contributed by atoms with Gasteiger partial charge in [0.25, 0.3) is 5.91 Å². The molecular weight excluding hydrogens is 310 g/mol. The summed E-state index contributed by atoms with van der Waals surface area (Å²) in [5.74, 6) is -0.0500. The van der Waals surface area contributed by atoms with Gasteiger partial charge in [-0.2, -0.15) is 0 Å². The first-order valence-corrected chi connectivity index (χ1v) is 7.99. The second-order valence-corrected chi connectivity index (χ2v) is 6.86. The largest absolute Gasteiger partial charge is 0.508 e. The predicted molar refractivity (Wildman–Crippen MR) is 89.8 cm³/mol. The van der Waals surface area contributed by atoms with Crippen LogP contribution in [0.5, 0.6) is 5.75 Å². The second-order valence-electron chi connectivity index (χ2n) is 6.86. The van der Waals surface area contributed by atoms with Gasteiger partial charge in [-0.25, -0.2) is 4.79 Å². The van der Waals surface area contributed by atoms with Crippen LogP contribution in [-0.4, -0.2) is 64.7 Å². The maximum absolute atomic E-state index is 12.6. The zero-order chi connectivity index (χ0) is 17.9. The molecule has 1 aromatic rings. The highest BCUT2D eigenvalue weighted by molar-refractivity contribution is 5.94. The van der Waals surface area contributed by atoms with Crippen LogP contribution in [0.2, 0.25) is 0 Å². The standard InChI is InChI=1S/C17H25N3O4/c1-17(2,3)24-16(23)19-8-9-20(13(10-18)11-19)15(22)12-4-6-14(21)7-5-12/h4-7,13,21H,8-11,18H2,1-3H3. The van der Waals surface area contributed by atoms with Crippen molar-refractivity contribution in [3.63, 3.8) is 0 Å². The lowest BCUT2D eigenvalue weighted by Gasteiger charge is -2.41. The van der Waals surface area contributed by atoms with Crippen molar-refractivity contribution >= 4 is 12.0 Å². The van der Waals surface area contributed by atoms with E-state index in [9.17, 15) is 14.7 Å². The van der Waals surface area contributed by atoms with E-state index >= 15 is 0 Å². The minimum atomic E-state index is -0.561. The topological polar surface area (TPSA) is 96.1 Å². The molecule has 0 aliphatic carbocycles. The SMILES string of the molecule is CC(C)(C)OC(=O)N1CCN(C(=O)c2ccc(O)cc2)C(CN)C1. The predicted octanol–water partition coefficient (Wildman–Crippen LogP) is 1.41. The Bertz CT molecular complexity index is 595. The summed E-state index contributed by atoms with van der Waals surface area (Å²) in [7, 11) is 0. The summed E-state index contributed by atoms with van der Waals surface area (Å²) in [5, 5.41) is 9.33. The summed E-state index contributed by atoms with van der Waals surface area (Å²) in [4.78, 5) is 28.1. The monoisotopic (exact) mass is 335 g/mol. The molecular formula is C17H25N3O4. The number of carbonyl (C=O) groups excluding carboxylic acids is 2. The summed E-state index contributed by atoms with van der Waals surface area (Å²) in [6, 6.07) is 5.83. The lowest BCUT2D eigenvalue weighted by molar-refractivity contribution is 0.00527. The maximum Gasteiger partial charge on any atom is 0.410 e. The first kappa shape index (κ1) is 18.1. The summed E-state index contributed by atoms with van der Waals surface area (Å²) in [5.41, 5.74) is 5.73. The van der Waals surface area contributed by atoms with E-state index in [1.54, 1.807) is 21.9 Å². The number of hydrogen-bond donors (Lipinski definition) is 2. The van der Waals surface area contributed by atoms with Gasteiger partial charge in [0.15, 0.2) is 0 Å². The first-order valence-electron chi connectivity index (χ1n) is 7.99. The molecule has 1 atom stereocenters.